The van der Waals surface area contributed by atoms with Crippen LogP contribution in [0.3, 0.4) is 0 Å². The number of hydrogen-bond donors (Lipinski definition) is 6. The van der Waals surface area contributed by atoms with E-state index in [1.54, 1.807) is 33.0 Å². The van der Waals surface area contributed by atoms with Crippen molar-refractivity contribution in [2.24, 2.45) is 5.73 Å². The van der Waals surface area contributed by atoms with Gasteiger partial charge in [0.2, 0.25) is 23.6 Å². The number of ether oxygens (including phenoxy) is 1. The van der Waals surface area contributed by atoms with Crippen molar-refractivity contribution >= 4 is 57.4 Å². The highest BCUT2D eigenvalue weighted by Gasteiger charge is 2.36. The smallest absolute Gasteiger partial charge is 0.408 e. The topological polar surface area (TPSA) is 213 Å². The first-order valence-electron chi connectivity index (χ1n) is 18.0. The van der Waals surface area contributed by atoms with Crippen molar-refractivity contribution in [1.29, 1.82) is 0 Å². The van der Waals surface area contributed by atoms with Gasteiger partial charge in [-0.1, -0.05) is 80.4 Å². The molecule has 0 fully saturated rings. The number of aliphatic carboxylic acids is 1. The monoisotopic (exact) mass is 742 g/mol. The highest BCUT2D eigenvalue weighted by atomic mass is 16.6. The van der Waals surface area contributed by atoms with Gasteiger partial charge >= 0.3 is 12.1 Å². The number of aromatic nitrogens is 1. The zero-order chi connectivity index (χ0) is 39.6. The van der Waals surface area contributed by atoms with E-state index < -0.39 is 71.9 Å². The molecule has 0 saturated carbocycles. The SMILES string of the molecule is CCCC[C@@H](C(=O)N[C@@H](CC(=O)O)C(=O)N[C@@H](Cc1cccc2ccccc12)C(N)=O)N(C)C(=O)[C@H](Cc1c[nH]c2ccccc12)NC(=O)OC(C)(C)C. The first kappa shape index (κ1) is 40.8. The number of nitrogens with two attached hydrogens (primary N) is 1. The summed E-state index contributed by atoms with van der Waals surface area (Å²) in [7, 11) is 1.42. The maximum atomic E-state index is 14.2. The summed E-state index contributed by atoms with van der Waals surface area (Å²) in [6, 6.07) is 15.4. The number of fused-ring (bicyclic) bond motifs is 2. The molecule has 0 radical (unpaired) electrons. The van der Waals surface area contributed by atoms with Gasteiger partial charge in [-0.15, -0.1) is 0 Å². The van der Waals surface area contributed by atoms with Crippen LogP contribution in [0, 0.1) is 0 Å². The Labute approximate surface area is 314 Å². The Morgan fingerprint density at radius 2 is 1.44 bits per heavy atom. The third kappa shape index (κ3) is 11.0. The maximum absolute atomic E-state index is 14.2. The molecule has 4 aromatic rings. The number of primary amides is 1. The molecule has 3 aromatic carbocycles. The molecule has 1 heterocycles. The van der Waals surface area contributed by atoms with Gasteiger partial charge in [0.1, 0.15) is 29.8 Å². The highest BCUT2D eigenvalue weighted by molar-refractivity contribution is 5.97. The molecule has 0 unspecified atom stereocenters. The zero-order valence-electron chi connectivity index (χ0n) is 31.3. The molecule has 288 valence electrons. The maximum Gasteiger partial charge on any atom is 0.408 e. The molecule has 0 spiro atoms. The second kappa shape index (κ2) is 18.2. The number of carboxylic acids is 1. The standard InChI is InChI=1S/C40H50N6O8/c1-6-7-19-33(46(5)38(52)32(45-39(53)54-40(2,3)4)21-26-23-42-29-18-11-10-17-28(26)29)37(51)44-31(22-34(47)48)36(50)43-30(35(41)49)20-25-15-12-14-24-13-8-9-16-27(24)25/h8-18,23,30-33,42H,6-7,19-22H2,1-5H3,(H2,41,49)(H,43,50)(H,44,51)(H,45,53)(H,47,48)/t30-,31-,32-,33-/m0/s1. The lowest BCUT2D eigenvalue weighted by Gasteiger charge is -2.32. The van der Waals surface area contributed by atoms with Crippen molar-refractivity contribution in [2.45, 2.75) is 96.0 Å². The number of carboxylic acid groups (broad SMARTS) is 1. The van der Waals surface area contributed by atoms with Gasteiger partial charge in [0.25, 0.3) is 0 Å². The third-order valence-corrected chi connectivity index (χ3v) is 9.01. The summed E-state index contributed by atoms with van der Waals surface area (Å²) in [5.74, 6) is -4.54. The number of alkyl carbamates (subject to hydrolysis) is 1. The molecule has 4 rings (SSSR count). The van der Waals surface area contributed by atoms with Crippen molar-refractivity contribution < 1.29 is 38.6 Å². The fraction of sp³-hybridized carbons (Fsp3) is 0.400. The number of nitrogens with one attached hydrogen (secondary N) is 4. The van der Waals surface area contributed by atoms with Gasteiger partial charge in [-0.05, 0) is 55.2 Å². The summed E-state index contributed by atoms with van der Waals surface area (Å²) in [5.41, 5.74) is 7.15. The average molecular weight is 743 g/mol. The quantitative estimate of drug-likeness (QED) is 0.0930. The summed E-state index contributed by atoms with van der Waals surface area (Å²) in [5, 5.41) is 20.1. The van der Waals surface area contributed by atoms with Crippen LogP contribution in [0.5, 0.6) is 0 Å². The summed E-state index contributed by atoms with van der Waals surface area (Å²) in [6.45, 7) is 6.99. The normalized spacial score (nSPS) is 13.6. The van der Waals surface area contributed by atoms with Gasteiger partial charge in [-0.3, -0.25) is 24.0 Å². The third-order valence-electron chi connectivity index (χ3n) is 9.01. The number of carbonyl (C=O) groups excluding carboxylic acids is 5. The molecule has 0 aliphatic heterocycles. The van der Waals surface area contributed by atoms with E-state index in [9.17, 15) is 33.9 Å². The first-order chi connectivity index (χ1) is 25.6. The van der Waals surface area contributed by atoms with Gasteiger partial charge in [-0.25, -0.2) is 4.79 Å². The number of hydrogen-bond acceptors (Lipinski definition) is 7. The second-order valence-corrected chi connectivity index (χ2v) is 14.3. The molecule has 14 nitrogen and oxygen atoms in total. The molecule has 0 aliphatic rings. The minimum Gasteiger partial charge on any atom is -0.481 e. The Balaban J connectivity index is 1.57. The van der Waals surface area contributed by atoms with Gasteiger partial charge in [0, 0.05) is 37.0 Å². The van der Waals surface area contributed by atoms with Gasteiger partial charge in [-0.2, -0.15) is 0 Å². The molecule has 54 heavy (non-hydrogen) atoms. The Morgan fingerprint density at radius 1 is 0.815 bits per heavy atom. The molecular weight excluding hydrogens is 692 g/mol. The predicted molar refractivity (Wildman–Crippen MR) is 204 cm³/mol. The molecule has 0 aliphatic carbocycles. The van der Waals surface area contributed by atoms with E-state index in [-0.39, 0.29) is 19.3 Å². The number of carbonyl (C=O) groups is 6. The van der Waals surface area contributed by atoms with Crippen molar-refractivity contribution in [3.8, 4) is 0 Å². The summed E-state index contributed by atoms with van der Waals surface area (Å²) >= 11 is 0. The van der Waals surface area contributed by atoms with E-state index in [1.807, 2.05) is 67.6 Å². The number of para-hydroxylation sites is 1. The summed E-state index contributed by atoms with van der Waals surface area (Å²) in [4.78, 5) is 83.7. The fourth-order valence-corrected chi connectivity index (χ4v) is 6.31. The number of aromatic amines is 1. The van der Waals surface area contributed by atoms with E-state index in [4.69, 9.17) is 10.5 Å². The van der Waals surface area contributed by atoms with Crippen LogP contribution in [0.4, 0.5) is 4.79 Å². The van der Waals surface area contributed by atoms with Crippen LogP contribution in [0.2, 0.25) is 0 Å². The van der Waals surface area contributed by atoms with Crippen LogP contribution in [0.25, 0.3) is 21.7 Å². The summed E-state index contributed by atoms with van der Waals surface area (Å²) < 4.78 is 5.46. The van der Waals surface area contributed by atoms with Gasteiger partial charge in [0.05, 0.1) is 6.42 Å². The Kier molecular flexibility index (Phi) is 13.8. The minimum atomic E-state index is -1.61. The zero-order valence-corrected chi connectivity index (χ0v) is 31.3. The Hall–Kier alpha value is -5.92. The lowest BCUT2D eigenvalue weighted by Crippen LogP contribution is -2.59. The lowest BCUT2D eigenvalue weighted by molar-refractivity contribution is -0.144. The van der Waals surface area contributed by atoms with Crippen LogP contribution in [0.15, 0.2) is 72.9 Å². The number of nitrogens with zero attached hydrogens (tertiary/aromatic N) is 1. The molecule has 1 aromatic heterocycles. The molecule has 4 atom stereocenters. The number of unbranched alkanes of at least 4 members (excludes halogenated alkanes) is 1. The largest absolute Gasteiger partial charge is 0.481 e. The highest BCUT2D eigenvalue weighted by Crippen LogP contribution is 2.22. The van der Waals surface area contributed by atoms with Crippen molar-refractivity contribution in [3.63, 3.8) is 0 Å². The molecule has 5 amide bonds. The number of likely N-dealkylation sites (N-methyl/N-ethyl adjacent to an activating group) is 1. The number of benzene rings is 3. The second-order valence-electron chi connectivity index (χ2n) is 14.3. The molecule has 7 N–H and O–H groups in total. The van der Waals surface area contributed by atoms with Crippen molar-refractivity contribution in [3.05, 3.63) is 84.1 Å². The van der Waals surface area contributed by atoms with Crippen LogP contribution >= 0.6 is 0 Å². The molecule has 0 saturated heterocycles. The van der Waals surface area contributed by atoms with Crippen LogP contribution in [-0.2, 0) is 41.6 Å². The van der Waals surface area contributed by atoms with Gasteiger partial charge in [0.15, 0.2) is 0 Å². The summed E-state index contributed by atoms with van der Waals surface area (Å²) in [6.07, 6.45) is 1.54. The lowest BCUT2D eigenvalue weighted by atomic mass is 9.98. The Morgan fingerprint density at radius 3 is 2.11 bits per heavy atom. The van der Waals surface area contributed by atoms with Crippen molar-refractivity contribution in [2.75, 3.05) is 7.05 Å². The first-order valence-corrected chi connectivity index (χ1v) is 18.0. The van der Waals surface area contributed by atoms with Crippen LogP contribution in [0.1, 0.15) is 64.5 Å². The average Bonchev–Trinajstić information content (AvgIpc) is 3.52. The Bertz CT molecular complexity index is 1980. The molecule has 0 bridgehead atoms. The molecular formula is C40H50N6O8. The van der Waals surface area contributed by atoms with E-state index in [0.717, 1.165) is 32.8 Å². The van der Waals surface area contributed by atoms with E-state index in [0.29, 0.717) is 12.8 Å². The number of H-pyrrole nitrogens is 1. The van der Waals surface area contributed by atoms with Gasteiger partial charge < -0.3 is 41.4 Å². The fourth-order valence-electron chi connectivity index (χ4n) is 6.31. The van der Waals surface area contributed by atoms with Crippen LogP contribution in [-0.4, -0.2) is 87.5 Å². The van der Waals surface area contributed by atoms with E-state index >= 15 is 0 Å². The predicted octanol–water partition coefficient (Wildman–Crippen LogP) is 3.95. The number of amides is 5. The molecule has 14 heteroatoms. The van der Waals surface area contributed by atoms with Crippen LogP contribution < -0.4 is 21.7 Å². The van der Waals surface area contributed by atoms with Crippen molar-refractivity contribution in [1.82, 2.24) is 25.8 Å². The van der Waals surface area contributed by atoms with E-state index in [2.05, 4.69) is 20.9 Å². The minimum absolute atomic E-state index is 0.0228. The van der Waals surface area contributed by atoms with E-state index in [1.165, 1.54) is 11.9 Å². The number of rotatable bonds is 17.